The van der Waals surface area contributed by atoms with E-state index in [0.29, 0.717) is 12.3 Å². The first-order chi connectivity index (χ1) is 19.4. The molecule has 6 N–H and O–H groups in total. The lowest BCUT2D eigenvalue weighted by Gasteiger charge is -2.30. The van der Waals surface area contributed by atoms with E-state index in [1.807, 2.05) is 61.4 Å². The molecule has 0 atom stereocenters. The van der Waals surface area contributed by atoms with E-state index in [1.165, 1.54) is 12.3 Å². The maximum absolute atomic E-state index is 4.41. The zero-order valence-corrected chi connectivity index (χ0v) is 28.7. The summed E-state index contributed by atoms with van der Waals surface area (Å²) in [4.78, 5) is 8.73. The topological polar surface area (TPSA) is 96.9 Å². The molecule has 0 fully saturated rings. The molecule has 0 aromatic rings. The van der Waals surface area contributed by atoms with Gasteiger partial charge in [0, 0.05) is 34.7 Å². The average Bonchev–Trinajstić information content (AvgIpc) is 3.36. The van der Waals surface area contributed by atoms with Crippen LogP contribution in [0, 0.1) is 21.7 Å². The molecule has 0 aromatic carbocycles. The number of amidine groups is 2. The Bertz CT molecular complexity index is 899. The number of hydrogen-bond acceptors (Lipinski definition) is 8. The minimum atomic E-state index is 0. The van der Waals surface area contributed by atoms with Gasteiger partial charge in [-0.05, 0) is 67.8 Å². The fourth-order valence-electron chi connectivity index (χ4n) is 3.79. The standard InChI is InChI=1S/2C9H16N2.C8H16N2.C8H14N2.3CH4/c2*1-9(2,3)8-10-6-4-5-7-11-8;2*1-8(2,3)7-9-5-4-6-10-7;;;/h2*4-8,10-11H,1-3H3;4-6H2,1-3H3,(H,9,10);4-5H,6H2,1-3H3,(H,9,10);3*1H4. The summed E-state index contributed by atoms with van der Waals surface area (Å²) in [5.41, 5.74) is 0.837. The van der Waals surface area contributed by atoms with E-state index >= 15 is 0 Å². The monoisotopic (exact) mass is 631 g/mol. The van der Waals surface area contributed by atoms with Crippen LogP contribution in [0.1, 0.15) is 112 Å². The largest absolute Gasteiger partial charge is 0.373 e. The highest BCUT2D eigenvalue weighted by Crippen LogP contribution is 2.19. The quantitative estimate of drug-likeness (QED) is 0.162. The van der Waals surface area contributed by atoms with E-state index in [0.717, 1.165) is 25.5 Å². The van der Waals surface area contributed by atoms with E-state index in [1.54, 1.807) is 0 Å². The molecule has 4 aliphatic rings. The molecule has 0 bridgehead atoms. The van der Waals surface area contributed by atoms with Crippen LogP contribution >= 0.6 is 0 Å². The van der Waals surface area contributed by atoms with Crippen LogP contribution < -0.4 is 31.9 Å². The highest BCUT2D eigenvalue weighted by atomic mass is 15.1. The number of allylic oxidation sites excluding steroid dienone is 4. The third kappa shape index (κ3) is 20.5. The van der Waals surface area contributed by atoms with Crippen molar-refractivity contribution in [3.8, 4) is 0 Å². The summed E-state index contributed by atoms with van der Waals surface area (Å²) in [5.74, 6) is 2.24. The molecule has 0 aromatic heterocycles. The maximum atomic E-state index is 4.41. The van der Waals surface area contributed by atoms with E-state index in [4.69, 9.17) is 0 Å². The van der Waals surface area contributed by atoms with Crippen LogP contribution in [0.2, 0.25) is 0 Å². The second-order valence-corrected chi connectivity index (χ2v) is 14.9. The lowest BCUT2D eigenvalue weighted by Crippen LogP contribution is -2.46. The maximum Gasteiger partial charge on any atom is 0.106 e. The van der Waals surface area contributed by atoms with Gasteiger partial charge in [-0.2, -0.15) is 0 Å². The molecule has 0 saturated carbocycles. The van der Waals surface area contributed by atoms with Crippen LogP contribution in [0.3, 0.4) is 0 Å². The molecule has 0 spiro atoms. The lowest BCUT2D eigenvalue weighted by molar-refractivity contribution is 0.266. The Morgan fingerprint density at radius 3 is 1.18 bits per heavy atom. The van der Waals surface area contributed by atoms with E-state index < -0.39 is 0 Å². The average molecular weight is 631 g/mol. The van der Waals surface area contributed by atoms with Gasteiger partial charge in [0.15, 0.2) is 0 Å². The molecule has 0 unspecified atom stereocenters. The molecule has 262 valence electrons. The van der Waals surface area contributed by atoms with Crippen LogP contribution in [0.5, 0.6) is 0 Å². The number of rotatable bonds is 0. The molecule has 4 aliphatic heterocycles. The summed E-state index contributed by atoms with van der Waals surface area (Å²) in [7, 11) is 0. The van der Waals surface area contributed by atoms with Gasteiger partial charge in [0.2, 0.25) is 0 Å². The van der Waals surface area contributed by atoms with Crippen molar-refractivity contribution >= 4 is 11.7 Å². The first kappa shape index (κ1) is 46.3. The van der Waals surface area contributed by atoms with Crippen LogP contribution in [-0.4, -0.2) is 43.6 Å². The van der Waals surface area contributed by atoms with Crippen molar-refractivity contribution in [2.45, 2.75) is 124 Å². The summed E-state index contributed by atoms with van der Waals surface area (Å²) in [5, 5.41) is 19.5. The second-order valence-electron chi connectivity index (χ2n) is 14.9. The van der Waals surface area contributed by atoms with Crippen molar-refractivity contribution in [1.29, 1.82) is 0 Å². The molecule has 0 aliphatic carbocycles. The Morgan fingerprint density at radius 1 is 0.556 bits per heavy atom. The minimum absolute atomic E-state index is 0. The Hall–Kier alpha value is -3.16. The molecule has 4 heterocycles. The third-order valence-corrected chi connectivity index (χ3v) is 6.40. The predicted molar refractivity (Wildman–Crippen MR) is 204 cm³/mol. The molecular formula is C37H74N8. The van der Waals surface area contributed by atoms with Gasteiger partial charge in [0.05, 0.1) is 6.54 Å². The highest BCUT2D eigenvalue weighted by Gasteiger charge is 2.23. The SMILES string of the molecule is C.C.C.CC(C)(C)C1=NCC=CN1.CC(C)(C)C1=NCCCN1.CC(C)(C)C1NC=CC=CN1.CC(C)(C)C1NC=CC=CN1. The van der Waals surface area contributed by atoms with Crippen molar-refractivity contribution < 1.29 is 0 Å². The van der Waals surface area contributed by atoms with Crippen LogP contribution in [0.25, 0.3) is 0 Å². The molecule has 8 nitrogen and oxygen atoms in total. The van der Waals surface area contributed by atoms with Gasteiger partial charge in [-0.3, -0.25) is 9.98 Å². The first-order valence-electron chi connectivity index (χ1n) is 15.4. The number of hydrogen-bond donors (Lipinski definition) is 6. The van der Waals surface area contributed by atoms with Gasteiger partial charge < -0.3 is 31.9 Å². The summed E-state index contributed by atoms with van der Waals surface area (Å²) < 4.78 is 0. The molecular weight excluding hydrogens is 556 g/mol. The first-order valence-corrected chi connectivity index (χ1v) is 15.4. The number of nitrogens with zero attached hydrogens (tertiary/aromatic N) is 2. The van der Waals surface area contributed by atoms with Gasteiger partial charge in [0.25, 0.3) is 0 Å². The third-order valence-electron chi connectivity index (χ3n) is 6.40. The summed E-state index contributed by atoms with van der Waals surface area (Å²) in [6.45, 7) is 29.1. The fourth-order valence-corrected chi connectivity index (χ4v) is 3.79. The second kappa shape index (κ2) is 21.6. The molecule has 4 rings (SSSR count). The van der Waals surface area contributed by atoms with Crippen LogP contribution in [0.4, 0.5) is 0 Å². The van der Waals surface area contributed by atoms with E-state index in [2.05, 4.69) is 125 Å². The molecule has 0 amide bonds. The van der Waals surface area contributed by atoms with Gasteiger partial charge in [0.1, 0.15) is 24.0 Å². The van der Waals surface area contributed by atoms with Crippen LogP contribution in [-0.2, 0) is 0 Å². The Labute approximate surface area is 280 Å². The van der Waals surface area contributed by atoms with Gasteiger partial charge >= 0.3 is 0 Å². The number of nitrogens with one attached hydrogen (secondary N) is 6. The fraction of sp³-hybridized carbons (Fsp3) is 0.676. The van der Waals surface area contributed by atoms with Crippen LogP contribution in [0.15, 0.2) is 71.4 Å². The highest BCUT2D eigenvalue weighted by molar-refractivity contribution is 5.88. The van der Waals surface area contributed by atoms with Crippen molar-refractivity contribution in [2.24, 2.45) is 31.6 Å². The van der Waals surface area contributed by atoms with Gasteiger partial charge in [-0.25, -0.2) is 0 Å². The Balaban J connectivity index is -0.000000512. The lowest BCUT2D eigenvalue weighted by atomic mass is 9.92. The van der Waals surface area contributed by atoms with Gasteiger partial charge in [-0.1, -0.05) is 105 Å². The zero-order chi connectivity index (χ0) is 31.9. The van der Waals surface area contributed by atoms with Crippen molar-refractivity contribution in [1.82, 2.24) is 31.9 Å². The Morgan fingerprint density at radius 2 is 0.956 bits per heavy atom. The summed E-state index contributed by atoms with van der Waals surface area (Å²) in [6, 6.07) is 0. The van der Waals surface area contributed by atoms with Crippen molar-refractivity contribution in [3.05, 3.63) is 61.4 Å². The van der Waals surface area contributed by atoms with E-state index in [9.17, 15) is 0 Å². The normalized spacial score (nSPS) is 17.6. The molecule has 45 heavy (non-hydrogen) atoms. The zero-order valence-electron chi connectivity index (χ0n) is 28.7. The van der Waals surface area contributed by atoms with Crippen molar-refractivity contribution in [2.75, 3.05) is 19.6 Å². The minimum Gasteiger partial charge on any atom is -0.373 e. The summed E-state index contributed by atoms with van der Waals surface area (Å²) >= 11 is 0. The molecule has 0 radical (unpaired) electrons. The predicted octanol–water partition coefficient (Wildman–Crippen LogP) is 8.04. The Kier molecular flexibility index (Phi) is 22.2. The molecule has 8 heteroatoms. The molecule has 0 saturated heterocycles. The van der Waals surface area contributed by atoms with E-state index in [-0.39, 0.29) is 43.9 Å². The number of aliphatic imine (C=N–C) groups is 2. The summed E-state index contributed by atoms with van der Waals surface area (Å²) in [6.07, 6.45) is 21.6. The smallest absolute Gasteiger partial charge is 0.106 e. The van der Waals surface area contributed by atoms with Crippen molar-refractivity contribution in [3.63, 3.8) is 0 Å². The van der Waals surface area contributed by atoms with Gasteiger partial charge in [-0.15, -0.1) is 0 Å².